The normalized spacial score (nSPS) is 10.3. The molecule has 0 bridgehead atoms. The van der Waals surface area contributed by atoms with Gasteiger partial charge in [0.1, 0.15) is 0 Å². The van der Waals surface area contributed by atoms with Crippen LogP contribution in [0.3, 0.4) is 0 Å². The van der Waals surface area contributed by atoms with Gasteiger partial charge in [-0.2, -0.15) is 0 Å². The van der Waals surface area contributed by atoms with Crippen LogP contribution in [0.2, 0.25) is 0 Å². The summed E-state index contributed by atoms with van der Waals surface area (Å²) in [5.74, 6) is -1.17. The monoisotopic (exact) mass is 288 g/mol. The van der Waals surface area contributed by atoms with Crippen molar-refractivity contribution in [3.05, 3.63) is 65.5 Å². The van der Waals surface area contributed by atoms with Crippen molar-refractivity contribution >= 4 is 5.91 Å². The standard InChI is InChI=1S/C16H17FN2O2/c17-14-8-13(6-7-15(14)20)9-18-11-16(21)19-10-12-4-2-1-3-5-12/h1-8,18,20H,9-11H2,(H,19,21). The molecule has 2 rings (SSSR count). The number of carbonyl (C=O) groups excluding carboxylic acids is 1. The molecule has 1 amide bonds. The van der Waals surface area contributed by atoms with Crippen molar-refractivity contribution in [1.82, 2.24) is 10.6 Å². The molecule has 0 aliphatic carbocycles. The Hall–Kier alpha value is -2.40. The average molecular weight is 288 g/mol. The Kier molecular flexibility index (Phi) is 5.29. The van der Waals surface area contributed by atoms with Crippen LogP contribution in [-0.2, 0) is 17.9 Å². The maximum absolute atomic E-state index is 13.1. The lowest BCUT2D eigenvalue weighted by Crippen LogP contribution is -2.33. The average Bonchev–Trinajstić information content (AvgIpc) is 2.50. The smallest absolute Gasteiger partial charge is 0.234 e. The number of phenols is 1. The molecule has 0 saturated carbocycles. The topological polar surface area (TPSA) is 61.4 Å². The highest BCUT2D eigenvalue weighted by Crippen LogP contribution is 2.15. The lowest BCUT2D eigenvalue weighted by molar-refractivity contribution is -0.120. The van der Waals surface area contributed by atoms with Gasteiger partial charge in [-0.1, -0.05) is 36.4 Å². The zero-order valence-electron chi connectivity index (χ0n) is 11.5. The fourth-order valence-corrected chi connectivity index (χ4v) is 1.84. The second-order valence-corrected chi connectivity index (χ2v) is 4.65. The Morgan fingerprint density at radius 3 is 2.52 bits per heavy atom. The molecule has 0 fully saturated rings. The highest BCUT2D eigenvalue weighted by Gasteiger charge is 2.03. The summed E-state index contributed by atoms with van der Waals surface area (Å²) in [4.78, 5) is 11.6. The first-order valence-electron chi connectivity index (χ1n) is 6.64. The molecule has 0 atom stereocenters. The highest BCUT2D eigenvalue weighted by atomic mass is 19.1. The van der Waals surface area contributed by atoms with E-state index in [9.17, 15) is 9.18 Å². The molecule has 0 aliphatic rings. The van der Waals surface area contributed by atoms with Gasteiger partial charge in [0.2, 0.25) is 5.91 Å². The number of benzene rings is 2. The van der Waals surface area contributed by atoms with E-state index in [-0.39, 0.29) is 18.2 Å². The summed E-state index contributed by atoms with van der Waals surface area (Å²) in [6.45, 7) is 0.987. The summed E-state index contributed by atoms with van der Waals surface area (Å²) < 4.78 is 13.1. The summed E-state index contributed by atoms with van der Waals surface area (Å²) in [5, 5.41) is 14.8. The van der Waals surface area contributed by atoms with Crippen LogP contribution in [0.4, 0.5) is 4.39 Å². The van der Waals surface area contributed by atoms with Gasteiger partial charge in [0.15, 0.2) is 11.6 Å². The third-order valence-corrected chi connectivity index (χ3v) is 2.96. The maximum Gasteiger partial charge on any atom is 0.234 e. The third-order valence-electron chi connectivity index (χ3n) is 2.96. The molecule has 2 aromatic carbocycles. The Balaban J connectivity index is 1.70. The van der Waals surface area contributed by atoms with Gasteiger partial charge in [0.25, 0.3) is 0 Å². The molecule has 0 radical (unpaired) electrons. The summed E-state index contributed by atoms with van der Waals surface area (Å²) in [6.07, 6.45) is 0. The lowest BCUT2D eigenvalue weighted by atomic mass is 10.2. The van der Waals surface area contributed by atoms with Crippen LogP contribution in [-0.4, -0.2) is 17.6 Å². The molecule has 3 N–H and O–H groups in total. The van der Waals surface area contributed by atoms with Crippen LogP contribution in [0.25, 0.3) is 0 Å². The number of rotatable bonds is 6. The van der Waals surface area contributed by atoms with Gasteiger partial charge in [0.05, 0.1) is 6.54 Å². The molecule has 0 saturated heterocycles. The zero-order chi connectivity index (χ0) is 15.1. The van der Waals surface area contributed by atoms with Crippen molar-refractivity contribution < 1.29 is 14.3 Å². The van der Waals surface area contributed by atoms with Crippen LogP contribution in [0.15, 0.2) is 48.5 Å². The molecule has 0 unspecified atom stereocenters. The quantitative estimate of drug-likeness (QED) is 0.761. The van der Waals surface area contributed by atoms with Crippen molar-refractivity contribution in [2.75, 3.05) is 6.54 Å². The third kappa shape index (κ3) is 4.89. The number of halogens is 1. The van der Waals surface area contributed by atoms with Crippen molar-refractivity contribution in [3.8, 4) is 5.75 Å². The fourth-order valence-electron chi connectivity index (χ4n) is 1.84. The van der Waals surface area contributed by atoms with Crippen molar-refractivity contribution in [2.24, 2.45) is 0 Å². The number of hydrogen-bond acceptors (Lipinski definition) is 3. The van der Waals surface area contributed by atoms with E-state index in [0.717, 1.165) is 5.56 Å². The second-order valence-electron chi connectivity index (χ2n) is 4.65. The van der Waals surface area contributed by atoms with Crippen molar-refractivity contribution in [2.45, 2.75) is 13.1 Å². The Morgan fingerprint density at radius 1 is 1.05 bits per heavy atom. The molecule has 110 valence electrons. The van der Waals surface area contributed by atoms with Crippen LogP contribution in [0.1, 0.15) is 11.1 Å². The van der Waals surface area contributed by atoms with Crippen molar-refractivity contribution in [3.63, 3.8) is 0 Å². The first-order chi connectivity index (χ1) is 10.1. The van der Waals surface area contributed by atoms with E-state index < -0.39 is 5.82 Å². The molecule has 0 spiro atoms. The predicted molar refractivity (Wildman–Crippen MR) is 78.1 cm³/mol. The minimum absolute atomic E-state index is 0.127. The molecule has 0 heterocycles. The molecular formula is C16H17FN2O2. The second kappa shape index (κ2) is 7.40. The Morgan fingerprint density at radius 2 is 1.81 bits per heavy atom. The molecule has 4 nitrogen and oxygen atoms in total. The first kappa shape index (κ1) is 15.0. The molecule has 0 aromatic heterocycles. The Bertz CT molecular complexity index is 602. The lowest BCUT2D eigenvalue weighted by Gasteiger charge is -2.07. The van der Waals surface area contributed by atoms with Gasteiger partial charge >= 0.3 is 0 Å². The van der Waals surface area contributed by atoms with Gasteiger partial charge in [-0.25, -0.2) is 4.39 Å². The van der Waals surface area contributed by atoms with E-state index in [1.54, 1.807) is 6.07 Å². The van der Waals surface area contributed by atoms with E-state index in [4.69, 9.17) is 5.11 Å². The first-order valence-corrected chi connectivity index (χ1v) is 6.64. The minimum Gasteiger partial charge on any atom is -0.505 e. The number of phenolic OH excluding ortho intramolecular Hbond substituents is 1. The minimum atomic E-state index is -0.664. The molecule has 0 aliphatic heterocycles. The van der Waals surface area contributed by atoms with Gasteiger partial charge < -0.3 is 15.7 Å². The summed E-state index contributed by atoms with van der Waals surface area (Å²) >= 11 is 0. The molecule has 5 heteroatoms. The van der Waals surface area contributed by atoms with Crippen molar-refractivity contribution in [1.29, 1.82) is 0 Å². The summed E-state index contributed by atoms with van der Waals surface area (Å²) in [6, 6.07) is 13.8. The number of amides is 1. The fraction of sp³-hybridized carbons (Fsp3) is 0.188. The summed E-state index contributed by atoms with van der Waals surface area (Å²) in [7, 11) is 0. The molecule has 2 aromatic rings. The molecular weight excluding hydrogens is 271 g/mol. The largest absolute Gasteiger partial charge is 0.505 e. The number of hydrogen-bond donors (Lipinski definition) is 3. The number of aromatic hydroxyl groups is 1. The SMILES string of the molecule is O=C(CNCc1ccc(O)c(F)c1)NCc1ccccc1. The van der Waals surface area contributed by atoms with E-state index in [0.29, 0.717) is 18.7 Å². The number of carbonyl (C=O) groups is 1. The molecule has 21 heavy (non-hydrogen) atoms. The van der Waals surface area contributed by atoms with E-state index >= 15 is 0 Å². The van der Waals surface area contributed by atoms with Gasteiger partial charge in [-0.15, -0.1) is 0 Å². The predicted octanol–water partition coefficient (Wildman–Crippen LogP) is 1.94. The van der Waals surface area contributed by atoms with Crippen LogP contribution in [0.5, 0.6) is 5.75 Å². The Labute approximate surface area is 122 Å². The van der Waals surface area contributed by atoms with Crippen LogP contribution < -0.4 is 10.6 Å². The highest BCUT2D eigenvalue weighted by molar-refractivity contribution is 5.77. The zero-order valence-corrected chi connectivity index (χ0v) is 11.5. The van der Waals surface area contributed by atoms with Crippen LogP contribution in [0, 0.1) is 5.82 Å². The summed E-state index contributed by atoms with van der Waals surface area (Å²) in [5.41, 5.74) is 1.70. The van der Waals surface area contributed by atoms with E-state index in [1.807, 2.05) is 30.3 Å². The van der Waals surface area contributed by atoms with Gasteiger partial charge in [-0.05, 0) is 23.3 Å². The van der Waals surface area contributed by atoms with Gasteiger partial charge in [0, 0.05) is 13.1 Å². The van der Waals surface area contributed by atoms with Crippen LogP contribution >= 0.6 is 0 Å². The van der Waals surface area contributed by atoms with Gasteiger partial charge in [-0.3, -0.25) is 4.79 Å². The van der Waals surface area contributed by atoms with E-state index in [2.05, 4.69) is 10.6 Å². The maximum atomic E-state index is 13.1. The van der Waals surface area contributed by atoms with E-state index in [1.165, 1.54) is 12.1 Å². The number of nitrogens with one attached hydrogen (secondary N) is 2.